The Kier molecular flexibility index (Phi) is 5.84. The van der Waals surface area contributed by atoms with E-state index in [1.807, 2.05) is 44.2 Å². The largest absolute Gasteiger partial charge is 0.492 e. The Balaban J connectivity index is 1.77. The summed E-state index contributed by atoms with van der Waals surface area (Å²) in [6, 6.07) is 15.4. The molecule has 1 saturated heterocycles. The minimum absolute atomic E-state index is 0.268. The van der Waals surface area contributed by atoms with Gasteiger partial charge >= 0.3 is 0 Å². The summed E-state index contributed by atoms with van der Waals surface area (Å²) in [5, 5.41) is 0. The number of benzene rings is 2. The molecule has 0 N–H and O–H groups in total. The van der Waals surface area contributed by atoms with Crippen LogP contribution in [0.5, 0.6) is 5.75 Å². The number of rotatable bonds is 6. The second kappa shape index (κ2) is 8.10. The predicted octanol–water partition coefficient (Wildman–Crippen LogP) is 3.29. The highest BCUT2D eigenvalue weighted by atomic mass is 32.2. The molecule has 0 saturated carbocycles. The van der Waals surface area contributed by atoms with Gasteiger partial charge in [-0.3, -0.25) is 0 Å². The summed E-state index contributed by atoms with van der Waals surface area (Å²) in [6.45, 7) is 6.76. The van der Waals surface area contributed by atoms with Crippen molar-refractivity contribution >= 4 is 15.7 Å². The molecule has 26 heavy (non-hydrogen) atoms. The number of hydrogen-bond acceptors (Lipinski definition) is 4. The number of nitrogens with zero attached hydrogens (tertiary/aromatic N) is 2. The van der Waals surface area contributed by atoms with E-state index in [-0.39, 0.29) is 4.90 Å². The first-order valence-corrected chi connectivity index (χ1v) is 10.5. The van der Waals surface area contributed by atoms with Gasteiger partial charge in [-0.15, -0.1) is 0 Å². The molecule has 1 fully saturated rings. The van der Waals surface area contributed by atoms with E-state index in [0.717, 1.165) is 17.7 Å². The average Bonchev–Trinajstić information content (AvgIpc) is 2.67. The van der Waals surface area contributed by atoms with Crippen LogP contribution in [0.15, 0.2) is 53.4 Å². The number of ether oxygens (including phenoxy) is 1. The maximum Gasteiger partial charge on any atom is 0.246 e. The highest BCUT2D eigenvalue weighted by Crippen LogP contribution is 2.29. The van der Waals surface area contributed by atoms with Crippen molar-refractivity contribution in [1.29, 1.82) is 0 Å². The van der Waals surface area contributed by atoms with Gasteiger partial charge in [0, 0.05) is 31.9 Å². The van der Waals surface area contributed by atoms with Crippen molar-refractivity contribution in [1.82, 2.24) is 4.31 Å². The summed E-state index contributed by atoms with van der Waals surface area (Å²) in [5.41, 5.74) is 2.12. The molecule has 0 atom stereocenters. The Bertz CT molecular complexity index is 829. The molecule has 2 aromatic carbocycles. The number of sulfonamides is 1. The molecule has 5 nitrogen and oxygen atoms in total. The molecule has 0 aromatic heterocycles. The Morgan fingerprint density at radius 3 is 2.35 bits per heavy atom. The van der Waals surface area contributed by atoms with E-state index in [2.05, 4.69) is 17.0 Å². The fourth-order valence-corrected chi connectivity index (χ4v) is 4.65. The van der Waals surface area contributed by atoms with Crippen molar-refractivity contribution in [2.45, 2.75) is 25.2 Å². The van der Waals surface area contributed by atoms with Gasteiger partial charge in [-0.05, 0) is 43.2 Å². The van der Waals surface area contributed by atoms with Gasteiger partial charge in [0.25, 0.3) is 0 Å². The zero-order valence-electron chi connectivity index (χ0n) is 15.4. The third kappa shape index (κ3) is 4.02. The Hall–Kier alpha value is -2.05. The van der Waals surface area contributed by atoms with Gasteiger partial charge in [0.1, 0.15) is 10.6 Å². The minimum Gasteiger partial charge on any atom is -0.492 e. The fourth-order valence-electron chi connectivity index (χ4n) is 3.12. The van der Waals surface area contributed by atoms with Crippen LogP contribution in [0.4, 0.5) is 5.69 Å². The van der Waals surface area contributed by atoms with Gasteiger partial charge in [0.2, 0.25) is 10.0 Å². The number of aryl methyl sites for hydroxylation is 1. The summed E-state index contributed by atoms with van der Waals surface area (Å²) < 4.78 is 33.6. The average molecular weight is 375 g/mol. The lowest BCUT2D eigenvalue weighted by Gasteiger charge is -2.35. The zero-order chi connectivity index (χ0) is 18.6. The second-order valence-electron chi connectivity index (χ2n) is 6.53. The summed E-state index contributed by atoms with van der Waals surface area (Å²) in [6.07, 6.45) is 0.836. The van der Waals surface area contributed by atoms with E-state index in [4.69, 9.17) is 4.74 Å². The first-order valence-electron chi connectivity index (χ1n) is 9.06. The van der Waals surface area contributed by atoms with Crippen LogP contribution in [0.1, 0.15) is 18.9 Å². The molecular weight excluding hydrogens is 348 g/mol. The lowest BCUT2D eigenvalue weighted by atomic mass is 10.2. The van der Waals surface area contributed by atoms with Crippen molar-refractivity contribution in [3.05, 3.63) is 54.1 Å². The molecule has 1 aliphatic rings. The smallest absolute Gasteiger partial charge is 0.246 e. The van der Waals surface area contributed by atoms with Crippen molar-refractivity contribution in [2.75, 3.05) is 37.7 Å². The third-order valence-corrected chi connectivity index (χ3v) is 6.48. The zero-order valence-corrected chi connectivity index (χ0v) is 16.2. The van der Waals surface area contributed by atoms with Crippen molar-refractivity contribution in [3.8, 4) is 5.75 Å². The van der Waals surface area contributed by atoms with Crippen molar-refractivity contribution in [2.24, 2.45) is 0 Å². The molecule has 1 heterocycles. The molecule has 0 bridgehead atoms. The summed E-state index contributed by atoms with van der Waals surface area (Å²) in [7, 11) is -3.56. The van der Waals surface area contributed by atoms with Crippen LogP contribution in [-0.4, -0.2) is 45.5 Å². The second-order valence-corrected chi connectivity index (χ2v) is 8.43. The molecule has 0 aliphatic carbocycles. The van der Waals surface area contributed by atoms with E-state index in [1.165, 1.54) is 0 Å². The molecule has 1 aliphatic heterocycles. The number of anilines is 1. The topological polar surface area (TPSA) is 49.9 Å². The predicted molar refractivity (Wildman–Crippen MR) is 104 cm³/mol. The summed E-state index contributed by atoms with van der Waals surface area (Å²) >= 11 is 0. The van der Waals surface area contributed by atoms with Crippen molar-refractivity contribution < 1.29 is 13.2 Å². The van der Waals surface area contributed by atoms with Gasteiger partial charge in [-0.1, -0.05) is 31.2 Å². The molecule has 0 unspecified atom stereocenters. The van der Waals surface area contributed by atoms with E-state index in [1.54, 1.807) is 10.4 Å². The first-order chi connectivity index (χ1) is 12.5. The van der Waals surface area contributed by atoms with E-state index in [9.17, 15) is 8.42 Å². The van der Waals surface area contributed by atoms with Gasteiger partial charge in [0.15, 0.2) is 0 Å². The quantitative estimate of drug-likeness (QED) is 0.778. The number of para-hydroxylation sites is 1. The highest BCUT2D eigenvalue weighted by Gasteiger charge is 2.31. The fraction of sp³-hybridized carbons (Fsp3) is 0.400. The molecule has 140 valence electrons. The molecule has 3 rings (SSSR count). The van der Waals surface area contributed by atoms with Crippen LogP contribution in [0.2, 0.25) is 0 Å². The Morgan fingerprint density at radius 1 is 1.00 bits per heavy atom. The lowest BCUT2D eigenvalue weighted by molar-refractivity contribution is 0.306. The maximum absolute atomic E-state index is 13.2. The van der Waals surface area contributed by atoms with E-state index in [0.29, 0.717) is 38.5 Å². The Morgan fingerprint density at radius 2 is 1.69 bits per heavy atom. The lowest BCUT2D eigenvalue weighted by Crippen LogP contribution is -2.48. The van der Waals surface area contributed by atoms with Crippen molar-refractivity contribution in [3.63, 3.8) is 0 Å². The van der Waals surface area contributed by atoms with Crippen LogP contribution in [0, 0.1) is 6.92 Å². The van der Waals surface area contributed by atoms with Gasteiger partial charge in [-0.25, -0.2) is 8.42 Å². The Labute approximate surface area is 156 Å². The first kappa shape index (κ1) is 18.7. The van der Waals surface area contributed by atoms with E-state index < -0.39 is 10.0 Å². The van der Waals surface area contributed by atoms with E-state index >= 15 is 0 Å². The number of piperazine rings is 1. The summed E-state index contributed by atoms with van der Waals surface area (Å²) in [4.78, 5) is 2.49. The monoisotopic (exact) mass is 374 g/mol. The molecule has 2 aromatic rings. The minimum atomic E-state index is -3.56. The standard InChI is InChI=1S/C20H26N2O3S/c1-3-15-25-19-16-17(2)9-10-20(19)26(23,24)22-13-11-21(12-14-22)18-7-5-4-6-8-18/h4-10,16H,3,11-15H2,1-2H3. The molecule has 0 spiro atoms. The third-order valence-electron chi connectivity index (χ3n) is 4.54. The van der Waals surface area contributed by atoms with Crippen LogP contribution in [0.25, 0.3) is 0 Å². The molecule has 0 amide bonds. The van der Waals surface area contributed by atoms with Crippen LogP contribution < -0.4 is 9.64 Å². The molecule has 0 radical (unpaired) electrons. The van der Waals surface area contributed by atoms with Gasteiger partial charge in [-0.2, -0.15) is 4.31 Å². The maximum atomic E-state index is 13.2. The van der Waals surface area contributed by atoms with Crippen LogP contribution >= 0.6 is 0 Å². The molecular formula is C20H26N2O3S. The molecule has 6 heteroatoms. The normalized spacial score (nSPS) is 15.8. The highest BCUT2D eigenvalue weighted by molar-refractivity contribution is 7.89. The van der Waals surface area contributed by atoms with Crippen LogP contribution in [0.3, 0.4) is 0 Å². The van der Waals surface area contributed by atoms with Gasteiger partial charge in [0.05, 0.1) is 6.61 Å². The number of hydrogen-bond donors (Lipinski definition) is 0. The SMILES string of the molecule is CCCOc1cc(C)ccc1S(=O)(=O)N1CCN(c2ccccc2)CC1. The van der Waals surface area contributed by atoms with Crippen LogP contribution in [-0.2, 0) is 10.0 Å². The van der Waals surface area contributed by atoms with Gasteiger partial charge < -0.3 is 9.64 Å². The summed E-state index contributed by atoms with van der Waals surface area (Å²) in [5.74, 6) is 0.456.